The zero-order chi connectivity index (χ0) is 20.4. The van der Waals surface area contributed by atoms with Crippen molar-refractivity contribution in [2.24, 2.45) is 11.8 Å². The molecule has 2 aromatic rings. The average Bonchev–Trinajstić information content (AvgIpc) is 3.56. The van der Waals surface area contributed by atoms with Crippen LogP contribution in [0.1, 0.15) is 0 Å². The fraction of sp³-hybridized carbons (Fsp3) is 0.143. The number of rotatable bonds is 2. The van der Waals surface area contributed by atoms with Crippen LogP contribution in [0, 0.1) is 89.9 Å². The van der Waals surface area contributed by atoms with Gasteiger partial charge in [-0.05, 0) is 64.2 Å². The molecule has 0 spiro atoms. The third-order valence-corrected chi connectivity index (χ3v) is 11.0. The van der Waals surface area contributed by atoms with Crippen LogP contribution in [-0.4, -0.2) is 8.07 Å². The summed E-state index contributed by atoms with van der Waals surface area (Å²) in [6.45, 7) is 8.67. The van der Waals surface area contributed by atoms with Crippen LogP contribution in [0.3, 0.4) is 0 Å². The van der Waals surface area contributed by atoms with E-state index in [0.717, 1.165) is 0 Å². The second-order valence-corrected chi connectivity index (χ2v) is 11.8. The molecule has 0 N–H and O–H groups in total. The van der Waals surface area contributed by atoms with Crippen LogP contribution in [0.15, 0.2) is 60.7 Å². The maximum absolute atomic E-state index is 4.34. The first-order valence-corrected chi connectivity index (χ1v) is 12.7. The van der Waals surface area contributed by atoms with Crippen molar-refractivity contribution in [2.75, 3.05) is 0 Å². The van der Waals surface area contributed by atoms with Crippen molar-refractivity contribution in [3.63, 3.8) is 0 Å². The molecule has 0 bridgehead atoms. The third-order valence-electron chi connectivity index (χ3n) is 5.65. The quantitative estimate of drug-likeness (QED) is 0.405. The summed E-state index contributed by atoms with van der Waals surface area (Å²) in [5.74, 6) is 0.985. The molecule has 2 heteroatoms. The normalized spacial score (nSPS) is 24.1. The van der Waals surface area contributed by atoms with E-state index in [1.165, 1.54) is 12.1 Å². The van der Waals surface area contributed by atoms with Crippen molar-refractivity contribution in [1.29, 1.82) is 0 Å². The van der Waals surface area contributed by atoms with Crippen LogP contribution in [0.4, 0.5) is 0 Å². The Morgan fingerprint density at radius 1 is 0.500 bits per heavy atom. The molecule has 1 heterocycles. The van der Waals surface area contributed by atoms with Gasteiger partial charge in [0.1, 0.15) is 8.07 Å². The summed E-state index contributed by atoms with van der Waals surface area (Å²) in [6.07, 6.45) is 20.0. The van der Waals surface area contributed by atoms with E-state index in [1.54, 1.807) is 10.4 Å². The third kappa shape index (κ3) is 7.30. The largest absolute Gasteiger partial charge is 2.00 e. The van der Waals surface area contributed by atoms with Gasteiger partial charge in [0.25, 0.3) is 0 Å². The Bertz CT molecular complexity index is 600. The average molecular weight is 486 g/mol. The summed E-state index contributed by atoms with van der Waals surface area (Å²) in [7, 11) is -1.64. The van der Waals surface area contributed by atoms with Crippen molar-refractivity contribution in [3.8, 4) is 0 Å². The summed E-state index contributed by atoms with van der Waals surface area (Å²) in [5, 5.41) is 3.09. The molecule has 150 valence electrons. The first-order chi connectivity index (χ1) is 14.2. The van der Waals surface area contributed by atoms with E-state index in [2.05, 4.69) is 74.5 Å². The van der Waals surface area contributed by atoms with E-state index >= 15 is 0 Å². The van der Waals surface area contributed by atoms with E-state index in [0.29, 0.717) is 11.8 Å². The summed E-state index contributed by atoms with van der Waals surface area (Å²) in [6, 6.07) is 24.6. The Balaban J connectivity index is 0.000000239. The molecule has 3 aliphatic rings. The Morgan fingerprint density at radius 2 is 0.767 bits per heavy atom. The zero-order valence-corrected chi connectivity index (χ0v) is 21.0. The second kappa shape index (κ2) is 13.8. The minimum absolute atomic E-state index is 0. The van der Waals surface area contributed by atoms with Crippen LogP contribution in [0.2, 0.25) is 12.1 Å². The first kappa shape index (κ1) is 25.8. The standard InChI is InChI=1S/C18H20Si.2C5H5.Zr/c1-15-13-19(14-16(15)2,17-9-5-3-6-10-17)18-11-7-4-8-12-18;2*1-2-4-5-3-1;/h3-12,15-16H,1-2,13-14H2;2*1-5H;/q-2;;;+2/t15-,16-;;;/m0.../s1. The maximum atomic E-state index is 4.34. The predicted octanol–water partition coefficient (Wildman–Crippen LogP) is 5.20. The monoisotopic (exact) mass is 484 g/mol. The van der Waals surface area contributed by atoms with Crippen LogP contribution in [-0.2, 0) is 26.2 Å². The minimum atomic E-state index is -1.64. The molecule has 0 unspecified atom stereocenters. The predicted molar refractivity (Wildman–Crippen MR) is 128 cm³/mol. The fourth-order valence-corrected chi connectivity index (χ4v) is 9.67. The molecule has 2 saturated carbocycles. The maximum Gasteiger partial charge on any atom is 2.00 e. The van der Waals surface area contributed by atoms with E-state index in [4.69, 9.17) is 0 Å². The molecule has 2 aromatic carbocycles. The zero-order valence-electron chi connectivity index (χ0n) is 17.5. The Morgan fingerprint density at radius 3 is 1.03 bits per heavy atom. The molecule has 1 aliphatic heterocycles. The van der Waals surface area contributed by atoms with E-state index < -0.39 is 8.07 Å². The Hall–Kier alpha value is -0.460. The minimum Gasteiger partial charge on any atom is -0.343 e. The van der Waals surface area contributed by atoms with Crippen molar-refractivity contribution in [2.45, 2.75) is 12.1 Å². The summed E-state index contributed by atoms with van der Waals surface area (Å²) in [4.78, 5) is 0. The number of hydrogen-bond acceptors (Lipinski definition) is 0. The molecule has 0 aromatic heterocycles. The first-order valence-electron chi connectivity index (χ1n) is 10.3. The molecule has 3 fully saturated rings. The number of hydrogen-bond donors (Lipinski definition) is 0. The smallest absolute Gasteiger partial charge is 0.343 e. The Labute approximate surface area is 206 Å². The molecular formula is C28H30SiZr. The van der Waals surface area contributed by atoms with Crippen molar-refractivity contribution in [1.82, 2.24) is 0 Å². The van der Waals surface area contributed by atoms with Gasteiger partial charge in [0.05, 0.1) is 0 Å². The molecule has 2 aliphatic carbocycles. The summed E-state index contributed by atoms with van der Waals surface area (Å²) >= 11 is 0. The molecule has 2 atom stereocenters. The molecule has 10 radical (unpaired) electrons. The van der Waals surface area contributed by atoms with Crippen LogP contribution >= 0.6 is 0 Å². The van der Waals surface area contributed by atoms with Crippen LogP contribution in [0.5, 0.6) is 0 Å². The van der Waals surface area contributed by atoms with Gasteiger partial charge < -0.3 is 13.8 Å². The summed E-state index contributed by atoms with van der Waals surface area (Å²) < 4.78 is 0. The summed E-state index contributed by atoms with van der Waals surface area (Å²) in [5.41, 5.74) is 0. The van der Waals surface area contributed by atoms with Crippen molar-refractivity contribution < 1.29 is 26.2 Å². The van der Waals surface area contributed by atoms with Crippen molar-refractivity contribution >= 4 is 18.4 Å². The van der Waals surface area contributed by atoms with Gasteiger partial charge in [-0.2, -0.15) is 11.8 Å². The molecule has 1 saturated heterocycles. The molecule has 30 heavy (non-hydrogen) atoms. The fourth-order valence-electron chi connectivity index (χ4n) is 4.11. The Kier molecular flexibility index (Phi) is 11.9. The molecule has 0 amide bonds. The SMILES string of the molecule is [CH2-][C@H]1C[Si](c2ccccc2)(c2ccccc2)C[C@@H]1[CH2-].[CH]1[CH][CH][CH][CH]1.[CH]1[CH][CH][CH][CH]1.[Zr+2]. The van der Waals surface area contributed by atoms with E-state index in [9.17, 15) is 0 Å². The second-order valence-electron chi connectivity index (χ2n) is 7.67. The van der Waals surface area contributed by atoms with Gasteiger partial charge in [0.2, 0.25) is 0 Å². The van der Waals surface area contributed by atoms with Gasteiger partial charge in [0, 0.05) is 0 Å². The van der Waals surface area contributed by atoms with Gasteiger partial charge in [0.15, 0.2) is 0 Å². The topological polar surface area (TPSA) is 0 Å². The van der Waals surface area contributed by atoms with Gasteiger partial charge in [-0.15, -0.1) is 0 Å². The van der Waals surface area contributed by atoms with Gasteiger partial charge >= 0.3 is 26.2 Å². The van der Waals surface area contributed by atoms with E-state index in [-0.39, 0.29) is 26.2 Å². The van der Waals surface area contributed by atoms with Gasteiger partial charge in [-0.25, -0.2) is 0 Å². The van der Waals surface area contributed by atoms with Gasteiger partial charge in [-0.1, -0.05) is 83.1 Å². The van der Waals surface area contributed by atoms with Crippen LogP contribution in [0.25, 0.3) is 0 Å². The molecular weight excluding hydrogens is 456 g/mol. The van der Waals surface area contributed by atoms with E-state index in [1.807, 2.05) is 64.2 Å². The number of benzene rings is 2. The van der Waals surface area contributed by atoms with Crippen LogP contribution < -0.4 is 10.4 Å². The van der Waals surface area contributed by atoms with Crippen molar-refractivity contribution in [3.05, 3.63) is 139 Å². The van der Waals surface area contributed by atoms with Gasteiger partial charge in [-0.3, -0.25) is 0 Å². The molecule has 5 rings (SSSR count). The molecule has 0 nitrogen and oxygen atoms in total.